The van der Waals surface area contributed by atoms with Crippen LogP contribution in [0.15, 0.2) is 59.1 Å². The average molecular weight is 361 g/mol. The maximum Gasteiger partial charge on any atom is 0.336 e. The third-order valence-corrected chi connectivity index (χ3v) is 4.23. The third kappa shape index (κ3) is 2.63. The standard InChI is InChI=1S/C17H11Cl2N3O2/c1-11(13-4-2-3-5-14(13)17(23)24)22(10-20-9-21-22)16-7-6-12(18)8-15(16)19/h2-10H,1H2/p+1. The van der Waals surface area contributed by atoms with E-state index in [4.69, 9.17) is 23.2 Å². The molecule has 0 spiro atoms. The van der Waals surface area contributed by atoms with E-state index in [1.165, 1.54) is 18.7 Å². The zero-order chi connectivity index (χ0) is 17.3. The van der Waals surface area contributed by atoms with Crippen molar-refractivity contribution in [3.8, 4) is 0 Å². The Bertz CT molecular complexity index is 894. The summed E-state index contributed by atoms with van der Waals surface area (Å²) in [5.41, 5.74) is 1.56. The lowest BCUT2D eigenvalue weighted by molar-refractivity contribution is 0.0696. The molecule has 0 amide bonds. The number of quaternary nitrogens is 1. The molecule has 120 valence electrons. The van der Waals surface area contributed by atoms with Crippen molar-refractivity contribution in [1.82, 2.24) is 4.59 Å². The predicted molar refractivity (Wildman–Crippen MR) is 97.7 cm³/mol. The molecule has 1 aliphatic heterocycles. The highest BCUT2D eigenvalue weighted by Crippen LogP contribution is 2.41. The van der Waals surface area contributed by atoms with E-state index >= 15 is 0 Å². The minimum absolute atomic E-state index is 0.126. The largest absolute Gasteiger partial charge is 0.478 e. The fourth-order valence-electron chi connectivity index (χ4n) is 2.54. The molecule has 1 aliphatic rings. The third-order valence-electron chi connectivity index (χ3n) is 3.69. The number of benzene rings is 2. The number of carbonyl (C=O) groups is 1. The van der Waals surface area contributed by atoms with Crippen molar-refractivity contribution in [3.63, 3.8) is 0 Å². The van der Waals surface area contributed by atoms with Crippen LogP contribution in [0.25, 0.3) is 5.70 Å². The van der Waals surface area contributed by atoms with Gasteiger partial charge < -0.3 is 5.11 Å². The van der Waals surface area contributed by atoms with E-state index in [-0.39, 0.29) is 10.2 Å². The maximum atomic E-state index is 11.5. The summed E-state index contributed by atoms with van der Waals surface area (Å²) >= 11 is 12.3. The topological polar surface area (TPSA) is 62.0 Å². The lowest BCUT2D eigenvalue weighted by Crippen LogP contribution is -2.38. The predicted octanol–water partition coefficient (Wildman–Crippen LogP) is 4.66. The lowest BCUT2D eigenvalue weighted by Gasteiger charge is -2.26. The summed E-state index contributed by atoms with van der Waals surface area (Å²) in [5.74, 6) is -1.05. The van der Waals surface area contributed by atoms with Gasteiger partial charge in [0.2, 0.25) is 6.34 Å². The molecule has 3 rings (SSSR count). The normalized spacial score (nSPS) is 18.8. The lowest BCUT2D eigenvalue weighted by atomic mass is 10.0. The van der Waals surface area contributed by atoms with Crippen LogP contribution in [0.1, 0.15) is 15.9 Å². The number of nitrogens with zero attached hydrogens (tertiary/aromatic N) is 3. The zero-order valence-corrected chi connectivity index (χ0v) is 13.9. The van der Waals surface area contributed by atoms with Crippen molar-refractivity contribution in [2.75, 3.05) is 0 Å². The number of halogens is 2. The quantitative estimate of drug-likeness (QED) is 0.806. The number of aliphatic imine (C=N–C) groups is 1. The van der Waals surface area contributed by atoms with Gasteiger partial charge in [-0.1, -0.05) is 45.0 Å². The highest BCUT2D eigenvalue weighted by Gasteiger charge is 2.40. The molecule has 1 N–H and O–H groups in total. The Balaban J connectivity index is 2.20. The van der Waals surface area contributed by atoms with Crippen LogP contribution in [0.3, 0.4) is 0 Å². The Morgan fingerprint density at radius 3 is 2.42 bits per heavy atom. The van der Waals surface area contributed by atoms with Crippen LogP contribution < -0.4 is 4.59 Å². The summed E-state index contributed by atoms with van der Waals surface area (Å²) < 4.78 is -0.250. The van der Waals surface area contributed by atoms with Gasteiger partial charge in [-0.05, 0) is 30.8 Å². The molecule has 2 aromatic rings. The molecule has 0 bridgehead atoms. The van der Waals surface area contributed by atoms with Crippen LogP contribution in [0.4, 0.5) is 5.69 Å². The number of hydrogen-bond acceptors (Lipinski definition) is 3. The van der Waals surface area contributed by atoms with E-state index in [0.717, 1.165) is 0 Å². The van der Waals surface area contributed by atoms with Gasteiger partial charge in [-0.2, -0.15) is 4.99 Å². The molecule has 0 radical (unpaired) electrons. The summed E-state index contributed by atoms with van der Waals surface area (Å²) in [6.45, 7) is 4.07. The first-order valence-electron chi connectivity index (χ1n) is 6.90. The molecular formula is C17H12Cl2N3O2+. The van der Waals surface area contributed by atoms with Crippen LogP contribution >= 0.6 is 23.2 Å². The highest BCUT2D eigenvalue weighted by atomic mass is 35.5. The molecule has 1 unspecified atom stereocenters. The van der Waals surface area contributed by atoms with E-state index < -0.39 is 5.97 Å². The SMILES string of the molecule is C=C(c1ccccc1C(=O)O)[N+]1(c2ccc(Cl)cc2Cl)C=NC=N1. The van der Waals surface area contributed by atoms with Gasteiger partial charge in [-0.25, -0.2) is 4.79 Å². The van der Waals surface area contributed by atoms with Crippen molar-refractivity contribution >= 4 is 53.2 Å². The minimum atomic E-state index is -1.05. The van der Waals surface area contributed by atoms with Crippen molar-refractivity contribution < 1.29 is 9.90 Å². The second-order valence-corrected chi connectivity index (χ2v) is 5.92. The summed E-state index contributed by atoms with van der Waals surface area (Å²) in [6, 6.07) is 11.6. The molecule has 24 heavy (non-hydrogen) atoms. The molecule has 0 fully saturated rings. The number of carboxylic acid groups (broad SMARTS) is 1. The Morgan fingerprint density at radius 1 is 1.12 bits per heavy atom. The molecule has 0 aliphatic carbocycles. The molecule has 5 nitrogen and oxygen atoms in total. The maximum absolute atomic E-state index is 11.5. The first kappa shape index (κ1) is 16.4. The van der Waals surface area contributed by atoms with Crippen molar-refractivity contribution in [3.05, 3.63) is 70.2 Å². The van der Waals surface area contributed by atoms with Crippen LogP contribution in [-0.4, -0.2) is 23.8 Å². The Labute approximate surface area is 148 Å². The van der Waals surface area contributed by atoms with E-state index in [9.17, 15) is 9.90 Å². The molecule has 1 heterocycles. The van der Waals surface area contributed by atoms with Gasteiger partial charge in [-0.3, -0.25) is 0 Å². The van der Waals surface area contributed by atoms with Crippen LogP contribution in [0.2, 0.25) is 10.0 Å². The van der Waals surface area contributed by atoms with Gasteiger partial charge in [0.15, 0.2) is 17.7 Å². The van der Waals surface area contributed by atoms with E-state index in [0.29, 0.717) is 27.0 Å². The monoisotopic (exact) mass is 360 g/mol. The number of carboxylic acids is 1. The van der Waals surface area contributed by atoms with Gasteiger partial charge in [0, 0.05) is 11.1 Å². The fraction of sp³-hybridized carbons (Fsp3) is 0. The van der Waals surface area contributed by atoms with E-state index in [2.05, 4.69) is 16.7 Å². The van der Waals surface area contributed by atoms with E-state index in [1.54, 1.807) is 36.4 Å². The first-order valence-corrected chi connectivity index (χ1v) is 7.66. The Hall–Kier alpha value is -2.47. The molecular weight excluding hydrogens is 349 g/mol. The number of rotatable bonds is 4. The highest BCUT2D eigenvalue weighted by molar-refractivity contribution is 6.36. The van der Waals surface area contributed by atoms with Crippen LogP contribution in [0.5, 0.6) is 0 Å². The van der Waals surface area contributed by atoms with Gasteiger partial charge in [0.05, 0.1) is 11.1 Å². The van der Waals surface area contributed by atoms with E-state index in [1.807, 2.05) is 0 Å². The molecule has 2 aromatic carbocycles. The molecule has 0 aromatic heterocycles. The summed E-state index contributed by atoms with van der Waals surface area (Å²) in [6.07, 6.45) is 2.91. The van der Waals surface area contributed by atoms with Gasteiger partial charge in [0.25, 0.3) is 0 Å². The fourth-order valence-corrected chi connectivity index (χ4v) is 3.08. The molecule has 1 atom stereocenters. The first-order chi connectivity index (χ1) is 11.5. The van der Waals surface area contributed by atoms with Gasteiger partial charge >= 0.3 is 5.97 Å². The van der Waals surface area contributed by atoms with Crippen molar-refractivity contribution in [1.29, 1.82) is 0 Å². The Kier molecular flexibility index (Phi) is 4.24. The summed E-state index contributed by atoms with van der Waals surface area (Å²) in [7, 11) is 0. The van der Waals surface area contributed by atoms with Crippen LogP contribution in [-0.2, 0) is 0 Å². The van der Waals surface area contributed by atoms with Crippen molar-refractivity contribution in [2.45, 2.75) is 0 Å². The second kappa shape index (κ2) is 6.20. The smallest absolute Gasteiger partial charge is 0.336 e. The summed E-state index contributed by atoms with van der Waals surface area (Å²) in [5, 5.41) is 14.7. The summed E-state index contributed by atoms with van der Waals surface area (Å²) in [4.78, 5) is 15.6. The average Bonchev–Trinajstić information content (AvgIpc) is 3.04. The van der Waals surface area contributed by atoms with Crippen molar-refractivity contribution in [2.24, 2.45) is 10.1 Å². The number of aromatic carboxylic acids is 1. The van der Waals surface area contributed by atoms with Crippen LogP contribution in [0, 0.1) is 0 Å². The Morgan fingerprint density at radius 2 is 1.83 bits per heavy atom. The molecule has 0 saturated carbocycles. The molecule has 7 heteroatoms. The van der Waals surface area contributed by atoms with Gasteiger partial charge in [-0.15, -0.1) is 0 Å². The number of hydrogen-bond donors (Lipinski definition) is 1. The minimum Gasteiger partial charge on any atom is -0.478 e. The molecule has 0 saturated heterocycles. The van der Waals surface area contributed by atoms with Gasteiger partial charge in [0.1, 0.15) is 5.02 Å². The second-order valence-electron chi connectivity index (χ2n) is 5.07. The zero-order valence-electron chi connectivity index (χ0n) is 12.4.